The molecule has 1 fully saturated rings. The number of rotatable bonds is 5. The summed E-state index contributed by atoms with van der Waals surface area (Å²) in [6, 6.07) is 15.4. The van der Waals surface area contributed by atoms with E-state index in [9.17, 15) is 4.79 Å². The first-order valence-electron chi connectivity index (χ1n) is 9.11. The van der Waals surface area contributed by atoms with Crippen LogP contribution in [0.5, 0.6) is 0 Å². The average molecular weight is 350 g/mol. The second-order valence-electron chi connectivity index (χ2n) is 6.65. The fourth-order valence-electron chi connectivity index (χ4n) is 3.24. The van der Waals surface area contributed by atoms with E-state index in [0.29, 0.717) is 35.5 Å². The van der Waals surface area contributed by atoms with E-state index >= 15 is 0 Å². The maximum absolute atomic E-state index is 12.4. The summed E-state index contributed by atoms with van der Waals surface area (Å²) in [5, 5.41) is 2.96. The van der Waals surface area contributed by atoms with E-state index in [1.807, 2.05) is 36.4 Å². The molecule has 1 aliphatic heterocycles. The van der Waals surface area contributed by atoms with E-state index in [-0.39, 0.29) is 12.0 Å². The highest BCUT2D eigenvalue weighted by Crippen LogP contribution is 2.19. The molecule has 26 heavy (non-hydrogen) atoms. The number of ether oxygens (including phenoxy) is 1. The largest absolute Gasteiger partial charge is 0.440 e. The first-order chi connectivity index (χ1) is 12.8. The maximum atomic E-state index is 12.4. The van der Waals surface area contributed by atoms with Gasteiger partial charge < -0.3 is 14.5 Å². The topological polar surface area (TPSA) is 64.4 Å². The Morgan fingerprint density at radius 2 is 2.04 bits per heavy atom. The van der Waals surface area contributed by atoms with Crippen molar-refractivity contribution < 1.29 is 13.9 Å². The Balaban J connectivity index is 1.44. The van der Waals surface area contributed by atoms with Gasteiger partial charge in [-0.1, -0.05) is 30.3 Å². The number of nitrogens with one attached hydrogen (secondary N) is 1. The van der Waals surface area contributed by atoms with Gasteiger partial charge in [-0.3, -0.25) is 4.79 Å². The Kier molecular flexibility index (Phi) is 4.97. The average Bonchev–Trinajstić information content (AvgIpc) is 3.09. The highest BCUT2D eigenvalue weighted by molar-refractivity contribution is 5.97. The minimum Gasteiger partial charge on any atom is -0.440 e. The van der Waals surface area contributed by atoms with Gasteiger partial charge in [-0.2, -0.15) is 0 Å². The first kappa shape index (κ1) is 16.8. The Bertz CT molecular complexity index is 883. The lowest BCUT2D eigenvalue weighted by Gasteiger charge is -2.22. The van der Waals surface area contributed by atoms with Crippen molar-refractivity contribution in [2.45, 2.75) is 31.8 Å². The molecule has 0 aliphatic carbocycles. The van der Waals surface area contributed by atoms with Crippen molar-refractivity contribution in [1.29, 1.82) is 0 Å². The summed E-state index contributed by atoms with van der Waals surface area (Å²) in [5.41, 5.74) is 3.14. The number of carbonyl (C=O) groups excluding carboxylic acids is 1. The maximum Gasteiger partial charge on any atom is 0.251 e. The summed E-state index contributed by atoms with van der Waals surface area (Å²) in [7, 11) is 0. The van der Waals surface area contributed by atoms with E-state index in [1.165, 1.54) is 0 Å². The van der Waals surface area contributed by atoms with Gasteiger partial charge in [0.2, 0.25) is 0 Å². The number of fused-ring (bicyclic) bond motifs is 1. The number of amides is 1. The van der Waals surface area contributed by atoms with Gasteiger partial charge >= 0.3 is 0 Å². The van der Waals surface area contributed by atoms with Gasteiger partial charge in [0.1, 0.15) is 5.52 Å². The molecule has 1 atom stereocenters. The van der Waals surface area contributed by atoms with E-state index < -0.39 is 0 Å². The van der Waals surface area contributed by atoms with Crippen LogP contribution in [0.3, 0.4) is 0 Å². The summed E-state index contributed by atoms with van der Waals surface area (Å²) < 4.78 is 11.5. The van der Waals surface area contributed by atoms with Gasteiger partial charge in [0.25, 0.3) is 5.91 Å². The Morgan fingerprint density at radius 1 is 1.15 bits per heavy atom. The smallest absolute Gasteiger partial charge is 0.251 e. The van der Waals surface area contributed by atoms with Crippen molar-refractivity contribution in [2.75, 3.05) is 13.2 Å². The highest BCUT2D eigenvalue weighted by Gasteiger charge is 2.16. The van der Waals surface area contributed by atoms with Crippen LogP contribution in [-0.2, 0) is 11.2 Å². The Hall–Kier alpha value is -2.66. The van der Waals surface area contributed by atoms with Crippen molar-refractivity contribution in [3.05, 3.63) is 65.5 Å². The molecule has 5 heteroatoms. The van der Waals surface area contributed by atoms with Gasteiger partial charge in [-0.15, -0.1) is 0 Å². The molecular weight excluding hydrogens is 328 g/mol. The third kappa shape index (κ3) is 3.94. The molecule has 2 aromatic carbocycles. The lowest BCUT2D eigenvalue weighted by Crippen LogP contribution is -2.35. The molecule has 1 unspecified atom stereocenters. The van der Waals surface area contributed by atoms with Gasteiger partial charge in [-0.25, -0.2) is 4.98 Å². The second-order valence-corrected chi connectivity index (χ2v) is 6.65. The highest BCUT2D eigenvalue weighted by atomic mass is 16.5. The summed E-state index contributed by atoms with van der Waals surface area (Å²) in [5.74, 6) is 0.549. The summed E-state index contributed by atoms with van der Waals surface area (Å²) in [4.78, 5) is 16.9. The molecule has 3 aromatic rings. The zero-order valence-corrected chi connectivity index (χ0v) is 14.6. The summed E-state index contributed by atoms with van der Waals surface area (Å²) in [6.45, 7) is 1.34. The van der Waals surface area contributed by atoms with Crippen molar-refractivity contribution >= 4 is 17.0 Å². The van der Waals surface area contributed by atoms with Crippen LogP contribution in [0.4, 0.5) is 0 Å². The monoisotopic (exact) mass is 350 g/mol. The van der Waals surface area contributed by atoms with Crippen LogP contribution >= 0.6 is 0 Å². The molecule has 0 spiro atoms. The van der Waals surface area contributed by atoms with Crippen LogP contribution in [0.1, 0.15) is 41.1 Å². The SMILES string of the molecule is O=C(NCC1CCCCO1)c1ccc2oc(Cc3ccccc3)nc2c1. The van der Waals surface area contributed by atoms with Gasteiger partial charge in [-0.05, 0) is 43.0 Å². The van der Waals surface area contributed by atoms with Crippen LogP contribution in [0, 0.1) is 0 Å². The lowest BCUT2D eigenvalue weighted by atomic mass is 10.1. The Labute approximate surface area is 152 Å². The van der Waals surface area contributed by atoms with Gasteiger partial charge in [0.15, 0.2) is 11.5 Å². The fraction of sp³-hybridized carbons (Fsp3) is 0.333. The standard InChI is InChI=1S/C21H22N2O3/c24-21(22-14-17-8-4-5-11-25-17)16-9-10-19-18(13-16)23-20(26-19)12-15-6-2-1-3-7-15/h1-3,6-7,9-10,13,17H,4-5,8,11-12,14H2,(H,22,24). The van der Waals surface area contributed by atoms with E-state index in [2.05, 4.69) is 10.3 Å². The summed E-state index contributed by atoms with van der Waals surface area (Å²) >= 11 is 0. The third-order valence-electron chi connectivity index (χ3n) is 4.66. The third-order valence-corrected chi connectivity index (χ3v) is 4.66. The first-order valence-corrected chi connectivity index (χ1v) is 9.11. The van der Waals surface area contributed by atoms with Gasteiger partial charge in [0.05, 0.1) is 6.10 Å². The van der Waals surface area contributed by atoms with Gasteiger partial charge in [0, 0.05) is 25.1 Å². The predicted octanol–water partition coefficient (Wildman–Crippen LogP) is 3.72. The van der Waals surface area contributed by atoms with Crippen LogP contribution in [0.2, 0.25) is 0 Å². The number of oxazole rings is 1. The minimum absolute atomic E-state index is 0.103. The quantitative estimate of drug-likeness (QED) is 0.762. The minimum atomic E-state index is -0.103. The molecule has 1 aliphatic rings. The molecule has 5 nitrogen and oxygen atoms in total. The van der Waals surface area contributed by atoms with Crippen LogP contribution in [0.15, 0.2) is 52.9 Å². The van der Waals surface area contributed by atoms with Crippen molar-refractivity contribution in [2.24, 2.45) is 0 Å². The molecule has 0 saturated carbocycles. The molecule has 1 N–H and O–H groups in total. The van der Waals surface area contributed by atoms with Crippen molar-refractivity contribution in [3.8, 4) is 0 Å². The molecule has 1 saturated heterocycles. The number of benzene rings is 2. The number of aromatic nitrogens is 1. The molecule has 1 aromatic heterocycles. The second kappa shape index (κ2) is 7.70. The zero-order valence-electron chi connectivity index (χ0n) is 14.6. The molecule has 0 bridgehead atoms. The zero-order chi connectivity index (χ0) is 17.8. The molecule has 2 heterocycles. The predicted molar refractivity (Wildman–Crippen MR) is 99.2 cm³/mol. The fourth-order valence-corrected chi connectivity index (χ4v) is 3.24. The normalized spacial score (nSPS) is 17.3. The van der Waals surface area contributed by atoms with Crippen molar-refractivity contribution in [3.63, 3.8) is 0 Å². The number of carbonyl (C=O) groups is 1. The summed E-state index contributed by atoms with van der Waals surface area (Å²) in [6.07, 6.45) is 4.04. The number of hydrogen-bond acceptors (Lipinski definition) is 4. The molecule has 0 radical (unpaired) electrons. The number of hydrogen-bond donors (Lipinski definition) is 1. The molecular formula is C21H22N2O3. The van der Waals surface area contributed by atoms with E-state index in [4.69, 9.17) is 9.15 Å². The van der Waals surface area contributed by atoms with E-state index in [0.717, 1.165) is 31.4 Å². The van der Waals surface area contributed by atoms with Crippen LogP contribution < -0.4 is 5.32 Å². The Morgan fingerprint density at radius 3 is 2.85 bits per heavy atom. The number of nitrogens with zero attached hydrogens (tertiary/aromatic N) is 1. The van der Waals surface area contributed by atoms with Crippen LogP contribution in [-0.4, -0.2) is 30.1 Å². The van der Waals surface area contributed by atoms with Crippen molar-refractivity contribution in [1.82, 2.24) is 10.3 Å². The van der Waals surface area contributed by atoms with E-state index in [1.54, 1.807) is 12.1 Å². The molecule has 134 valence electrons. The molecule has 1 amide bonds. The lowest BCUT2D eigenvalue weighted by molar-refractivity contribution is 0.0169. The van der Waals surface area contributed by atoms with Crippen LogP contribution in [0.25, 0.3) is 11.1 Å². The molecule has 4 rings (SSSR count).